The van der Waals surface area contributed by atoms with Gasteiger partial charge in [0.05, 0.1) is 21.7 Å². The predicted molar refractivity (Wildman–Crippen MR) is 86.6 cm³/mol. The van der Waals surface area contributed by atoms with Crippen LogP contribution in [0.3, 0.4) is 0 Å². The molecule has 0 bridgehead atoms. The van der Waals surface area contributed by atoms with Gasteiger partial charge in [-0.25, -0.2) is 4.98 Å². The molecular formula is C16H18N4S. The monoisotopic (exact) mass is 298 g/mol. The van der Waals surface area contributed by atoms with Crippen LogP contribution in [-0.4, -0.2) is 22.0 Å². The van der Waals surface area contributed by atoms with E-state index in [4.69, 9.17) is 0 Å². The normalized spacial score (nSPS) is 12.7. The molecule has 0 saturated heterocycles. The number of hydrogen-bond donors (Lipinski definition) is 1. The maximum atomic E-state index is 4.65. The van der Waals surface area contributed by atoms with Gasteiger partial charge in [0.25, 0.3) is 0 Å². The Morgan fingerprint density at radius 1 is 1.19 bits per heavy atom. The highest BCUT2D eigenvalue weighted by molar-refractivity contribution is 7.11. The summed E-state index contributed by atoms with van der Waals surface area (Å²) in [6, 6.07) is 6.34. The molecule has 0 saturated carbocycles. The molecule has 0 fully saturated rings. The Hall–Kier alpha value is -1.85. The Morgan fingerprint density at radius 3 is 2.71 bits per heavy atom. The van der Waals surface area contributed by atoms with Gasteiger partial charge >= 0.3 is 0 Å². The first-order valence-electron chi connectivity index (χ1n) is 6.99. The fourth-order valence-corrected chi connectivity index (χ4v) is 3.44. The highest BCUT2D eigenvalue weighted by Crippen LogP contribution is 2.26. The molecule has 0 radical (unpaired) electrons. The van der Waals surface area contributed by atoms with Gasteiger partial charge in [-0.15, -0.1) is 11.3 Å². The zero-order valence-corrected chi connectivity index (χ0v) is 13.2. The van der Waals surface area contributed by atoms with Crippen molar-refractivity contribution in [1.29, 1.82) is 0 Å². The number of aromatic nitrogens is 3. The van der Waals surface area contributed by atoms with E-state index in [1.807, 2.05) is 19.2 Å². The minimum absolute atomic E-state index is 0.190. The summed E-state index contributed by atoms with van der Waals surface area (Å²) in [6.07, 6.45) is 4.34. The zero-order valence-electron chi connectivity index (χ0n) is 12.4. The van der Waals surface area contributed by atoms with E-state index < -0.39 is 0 Å². The van der Waals surface area contributed by atoms with Crippen molar-refractivity contribution >= 4 is 22.4 Å². The van der Waals surface area contributed by atoms with Crippen LogP contribution < -0.4 is 5.32 Å². The molecule has 1 unspecified atom stereocenters. The Bertz CT molecular complexity index is 741. The van der Waals surface area contributed by atoms with Crippen molar-refractivity contribution in [2.45, 2.75) is 26.3 Å². The van der Waals surface area contributed by atoms with Crippen molar-refractivity contribution in [2.24, 2.45) is 0 Å². The van der Waals surface area contributed by atoms with Gasteiger partial charge in [-0.05, 0) is 32.5 Å². The van der Waals surface area contributed by atoms with Crippen molar-refractivity contribution in [1.82, 2.24) is 20.3 Å². The molecule has 5 heteroatoms. The highest BCUT2D eigenvalue weighted by Gasteiger charge is 2.16. The summed E-state index contributed by atoms with van der Waals surface area (Å²) >= 11 is 1.77. The molecule has 108 valence electrons. The van der Waals surface area contributed by atoms with E-state index in [-0.39, 0.29) is 6.04 Å². The summed E-state index contributed by atoms with van der Waals surface area (Å²) < 4.78 is 0. The molecule has 2 heterocycles. The van der Waals surface area contributed by atoms with E-state index >= 15 is 0 Å². The lowest BCUT2D eigenvalue weighted by atomic mass is 10.0. The van der Waals surface area contributed by atoms with Crippen LogP contribution in [0.25, 0.3) is 11.0 Å². The average molecular weight is 298 g/mol. The molecular weight excluding hydrogens is 280 g/mol. The van der Waals surface area contributed by atoms with Gasteiger partial charge in [0, 0.05) is 29.7 Å². The Labute approximate surface area is 128 Å². The quantitative estimate of drug-likeness (QED) is 0.803. The number of para-hydroxylation sites is 1. The van der Waals surface area contributed by atoms with Gasteiger partial charge < -0.3 is 5.32 Å². The van der Waals surface area contributed by atoms with Gasteiger partial charge in [-0.3, -0.25) is 9.97 Å². The van der Waals surface area contributed by atoms with Crippen LogP contribution in [0.15, 0.2) is 30.6 Å². The zero-order chi connectivity index (χ0) is 14.8. The Kier molecular flexibility index (Phi) is 3.94. The van der Waals surface area contributed by atoms with Crippen LogP contribution in [0.1, 0.15) is 27.2 Å². The van der Waals surface area contributed by atoms with Crippen LogP contribution in [0.2, 0.25) is 0 Å². The van der Waals surface area contributed by atoms with E-state index in [0.717, 1.165) is 28.2 Å². The van der Waals surface area contributed by atoms with Gasteiger partial charge in [-0.2, -0.15) is 0 Å². The minimum Gasteiger partial charge on any atom is -0.313 e. The summed E-state index contributed by atoms with van der Waals surface area (Å²) in [5.41, 5.74) is 4.20. The number of benzene rings is 1. The Morgan fingerprint density at radius 2 is 2.00 bits per heavy atom. The average Bonchev–Trinajstić information content (AvgIpc) is 2.82. The fraction of sp³-hybridized carbons (Fsp3) is 0.312. The first kappa shape index (κ1) is 14.1. The maximum Gasteiger partial charge on any atom is 0.0949 e. The second-order valence-electron chi connectivity index (χ2n) is 5.07. The van der Waals surface area contributed by atoms with Crippen LogP contribution in [-0.2, 0) is 6.42 Å². The first-order valence-corrected chi connectivity index (χ1v) is 7.80. The van der Waals surface area contributed by atoms with Crippen LogP contribution >= 0.6 is 11.3 Å². The van der Waals surface area contributed by atoms with E-state index in [9.17, 15) is 0 Å². The summed E-state index contributed by atoms with van der Waals surface area (Å²) in [4.78, 5) is 14.8. The smallest absolute Gasteiger partial charge is 0.0949 e. The standard InChI is InChI=1S/C16H18N4S/c1-10-11(2)21-15(20-10)9-14(17-3)12-5-4-6-13-16(12)19-8-7-18-13/h4-8,14,17H,9H2,1-3H3. The number of fused-ring (bicyclic) bond motifs is 1. The molecule has 3 rings (SSSR count). The van der Waals surface area contributed by atoms with Gasteiger partial charge in [-0.1, -0.05) is 12.1 Å². The molecule has 1 atom stereocenters. The molecule has 0 spiro atoms. The molecule has 4 nitrogen and oxygen atoms in total. The van der Waals surface area contributed by atoms with Crippen LogP contribution in [0, 0.1) is 13.8 Å². The molecule has 21 heavy (non-hydrogen) atoms. The number of likely N-dealkylation sites (N-methyl/N-ethyl adjacent to an activating group) is 1. The summed E-state index contributed by atoms with van der Waals surface area (Å²) in [5, 5.41) is 4.54. The van der Waals surface area contributed by atoms with Crippen LogP contribution in [0.5, 0.6) is 0 Å². The summed E-state index contributed by atoms with van der Waals surface area (Å²) in [6.45, 7) is 4.18. The Balaban J connectivity index is 1.98. The summed E-state index contributed by atoms with van der Waals surface area (Å²) in [7, 11) is 1.98. The molecule has 0 amide bonds. The van der Waals surface area contributed by atoms with Gasteiger partial charge in [0.15, 0.2) is 0 Å². The predicted octanol–water partition coefficient (Wildman–Crippen LogP) is 3.21. The molecule has 1 N–H and O–H groups in total. The molecule has 1 aromatic carbocycles. The maximum absolute atomic E-state index is 4.65. The van der Waals surface area contributed by atoms with Crippen molar-refractivity contribution < 1.29 is 0 Å². The van der Waals surface area contributed by atoms with Crippen LogP contribution in [0.4, 0.5) is 0 Å². The first-order chi connectivity index (χ1) is 10.2. The SMILES string of the molecule is CNC(Cc1nc(C)c(C)s1)c1cccc2nccnc12. The van der Waals surface area contributed by atoms with Crippen molar-refractivity contribution in [2.75, 3.05) is 7.05 Å². The van der Waals surface area contributed by atoms with Crippen molar-refractivity contribution in [3.8, 4) is 0 Å². The molecule has 2 aromatic heterocycles. The van der Waals surface area contributed by atoms with Gasteiger partial charge in [0.2, 0.25) is 0 Å². The topological polar surface area (TPSA) is 50.7 Å². The molecule has 0 aliphatic rings. The largest absolute Gasteiger partial charge is 0.313 e. The van der Waals surface area contributed by atoms with Crippen molar-refractivity contribution in [3.05, 3.63) is 51.7 Å². The number of hydrogen-bond acceptors (Lipinski definition) is 5. The second-order valence-corrected chi connectivity index (χ2v) is 6.35. The number of nitrogens with one attached hydrogen (secondary N) is 1. The van der Waals surface area contributed by atoms with Crippen molar-refractivity contribution in [3.63, 3.8) is 0 Å². The van der Waals surface area contributed by atoms with E-state index in [1.165, 1.54) is 10.4 Å². The van der Waals surface area contributed by atoms with E-state index in [0.29, 0.717) is 0 Å². The fourth-order valence-electron chi connectivity index (χ4n) is 2.46. The second kappa shape index (κ2) is 5.87. The number of rotatable bonds is 4. The minimum atomic E-state index is 0.190. The number of aryl methyl sites for hydroxylation is 2. The molecule has 0 aliphatic heterocycles. The molecule has 3 aromatic rings. The third-order valence-corrected chi connectivity index (χ3v) is 4.80. The van der Waals surface area contributed by atoms with Gasteiger partial charge in [0.1, 0.15) is 0 Å². The third kappa shape index (κ3) is 2.80. The lowest BCUT2D eigenvalue weighted by Crippen LogP contribution is -2.19. The number of thiazole rings is 1. The van der Waals surface area contributed by atoms with E-state index in [2.05, 4.69) is 40.2 Å². The highest BCUT2D eigenvalue weighted by atomic mass is 32.1. The lowest BCUT2D eigenvalue weighted by Gasteiger charge is -2.16. The number of nitrogens with zero attached hydrogens (tertiary/aromatic N) is 3. The van der Waals surface area contributed by atoms with E-state index in [1.54, 1.807) is 23.7 Å². The third-order valence-electron chi connectivity index (χ3n) is 3.71. The lowest BCUT2D eigenvalue weighted by molar-refractivity contribution is 0.593. The molecule has 0 aliphatic carbocycles. The summed E-state index contributed by atoms with van der Waals surface area (Å²) in [5.74, 6) is 0.